The largest absolute Gasteiger partial charge is 0.350 e. The van der Waals surface area contributed by atoms with Gasteiger partial charge in [-0.15, -0.1) is 0 Å². The van der Waals surface area contributed by atoms with Crippen LogP contribution >= 0.6 is 0 Å². The van der Waals surface area contributed by atoms with E-state index < -0.39 is 0 Å². The molecule has 1 aromatic heterocycles. The first-order valence-electron chi connectivity index (χ1n) is 6.49. The van der Waals surface area contributed by atoms with Gasteiger partial charge in [0.15, 0.2) is 0 Å². The summed E-state index contributed by atoms with van der Waals surface area (Å²) >= 11 is 0. The Morgan fingerprint density at radius 2 is 2.11 bits per heavy atom. The number of nitrogens with zero attached hydrogens (tertiary/aromatic N) is 2. The first-order valence-corrected chi connectivity index (χ1v) is 6.49. The predicted molar refractivity (Wildman–Crippen MR) is 68.4 cm³/mol. The van der Waals surface area contributed by atoms with Crippen LogP contribution in [-0.2, 0) is 7.05 Å². The summed E-state index contributed by atoms with van der Waals surface area (Å²) in [5.74, 6) is 0.395. The van der Waals surface area contributed by atoms with E-state index >= 15 is 0 Å². The Balaban J connectivity index is 1.90. The third-order valence-corrected chi connectivity index (χ3v) is 3.47. The molecule has 1 amide bonds. The number of aryl methyl sites for hydroxylation is 1. The molecule has 0 saturated heterocycles. The zero-order chi connectivity index (χ0) is 13.0. The quantitative estimate of drug-likeness (QED) is 0.872. The molecule has 0 spiro atoms. The minimum Gasteiger partial charge on any atom is -0.350 e. The second-order valence-electron chi connectivity index (χ2n) is 4.89. The van der Waals surface area contributed by atoms with Crippen molar-refractivity contribution in [1.82, 2.24) is 15.1 Å². The molecule has 0 atom stereocenters. The molecule has 1 aliphatic rings. The molecule has 1 fully saturated rings. The van der Waals surface area contributed by atoms with Crippen LogP contribution in [0.1, 0.15) is 42.6 Å². The lowest BCUT2D eigenvalue weighted by atomic mass is 9.89. The fourth-order valence-corrected chi connectivity index (χ4v) is 2.34. The van der Waals surface area contributed by atoms with Crippen molar-refractivity contribution >= 4 is 5.91 Å². The van der Waals surface area contributed by atoms with E-state index in [0.29, 0.717) is 18.2 Å². The number of amides is 1. The minimum absolute atomic E-state index is 0.198. The standard InChI is InChI=1S/C13H19N3O2/c1-16-12(17)8-7-11(15-16)13(18)14-9-10-5-3-2-4-6-10/h7-8,10H,2-6,9H2,1H3,(H,14,18). The van der Waals surface area contributed by atoms with E-state index in [4.69, 9.17) is 0 Å². The van der Waals surface area contributed by atoms with E-state index in [1.807, 2.05) is 0 Å². The molecule has 0 unspecified atom stereocenters. The SMILES string of the molecule is Cn1nc(C(=O)NCC2CCCCC2)ccc1=O. The van der Waals surface area contributed by atoms with Gasteiger partial charge in [0.25, 0.3) is 11.5 Å². The Bertz CT molecular complexity index is 475. The number of rotatable bonds is 3. The maximum Gasteiger partial charge on any atom is 0.271 e. The molecular weight excluding hydrogens is 230 g/mol. The Labute approximate surface area is 106 Å². The van der Waals surface area contributed by atoms with Gasteiger partial charge >= 0.3 is 0 Å². The van der Waals surface area contributed by atoms with Crippen molar-refractivity contribution in [1.29, 1.82) is 0 Å². The highest BCUT2D eigenvalue weighted by Gasteiger charge is 2.15. The van der Waals surface area contributed by atoms with E-state index in [1.54, 1.807) is 7.05 Å². The normalized spacial score (nSPS) is 16.5. The van der Waals surface area contributed by atoms with Gasteiger partial charge in [0.2, 0.25) is 0 Å². The fraction of sp³-hybridized carbons (Fsp3) is 0.615. The Hall–Kier alpha value is -1.65. The van der Waals surface area contributed by atoms with Gasteiger partial charge in [0.05, 0.1) is 0 Å². The van der Waals surface area contributed by atoms with Gasteiger partial charge in [0, 0.05) is 19.7 Å². The summed E-state index contributed by atoms with van der Waals surface area (Å²) < 4.78 is 1.18. The fourth-order valence-electron chi connectivity index (χ4n) is 2.34. The molecular formula is C13H19N3O2. The minimum atomic E-state index is -0.209. The van der Waals surface area contributed by atoms with Crippen molar-refractivity contribution in [2.75, 3.05) is 6.54 Å². The number of hydrogen-bond acceptors (Lipinski definition) is 3. The molecule has 1 heterocycles. The van der Waals surface area contributed by atoms with E-state index in [1.165, 1.54) is 48.9 Å². The van der Waals surface area contributed by atoms with Gasteiger partial charge in [-0.2, -0.15) is 5.10 Å². The smallest absolute Gasteiger partial charge is 0.271 e. The topological polar surface area (TPSA) is 64.0 Å². The van der Waals surface area contributed by atoms with Gasteiger partial charge < -0.3 is 5.32 Å². The van der Waals surface area contributed by atoms with Crippen LogP contribution in [0, 0.1) is 5.92 Å². The van der Waals surface area contributed by atoms with Crippen molar-refractivity contribution in [3.8, 4) is 0 Å². The predicted octanol–water partition coefficient (Wildman–Crippen LogP) is 1.09. The number of carbonyl (C=O) groups is 1. The molecule has 0 aromatic carbocycles. The average molecular weight is 249 g/mol. The van der Waals surface area contributed by atoms with Crippen LogP contribution < -0.4 is 10.9 Å². The molecule has 0 bridgehead atoms. The maximum atomic E-state index is 11.9. The van der Waals surface area contributed by atoms with E-state index in [2.05, 4.69) is 10.4 Å². The zero-order valence-corrected chi connectivity index (χ0v) is 10.7. The summed E-state index contributed by atoms with van der Waals surface area (Å²) in [6.45, 7) is 0.712. The number of carbonyl (C=O) groups excluding carboxylic acids is 1. The molecule has 5 heteroatoms. The van der Waals surface area contributed by atoms with Crippen LogP contribution in [0.3, 0.4) is 0 Å². The van der Waals surface area contributed by atoms with Crippen LogP contribution in [0.15, 0.2) is 16.9 Å². The first kappa shape index (κ1) is 12.8. The summed E-state index contributed by atoms with van der Waals surface area (Å²) in [5, 5.41) is 6.83. The average Bonchev–Trinajstić information content (AvgIpc) is 2.40. The Kier molecular flexibility index (Phi) is 4.12. The van der Waals surface area contributed by atoms with Crippen LogP contribution in [-0.4, -0.2) is 22.2 Å². The van der Waals surface area contributed by atoms with Gasteiger partial charge in [-0.25, -0.2) is 4.68 Å². The van der Waals surface area contributed by atoms with Gasteiger partial charge in [0.1, 0.15) is 5.69 Å². The summed E-state index contributed by atoms with van der Waals surface area (Å²) in [5.41, 5.74) is 0.0896. The van der Waals surface area contributed by atoms with E-state index in [0.717, 1.165) is 0 Å². The van der Waals surface area contributed by atoms with Crippen LogP contribution in [0.2, 0.25) is 0 Å². The van der Waals surface area contributed by atoms with Crippen molar-refractivity contribution < 1.29 is 4.79 Å². The van der Waals surface area contributed by atoms with E-state index in [-0.39, 0.29) is 11.5 Å². The molecule has 98 valence electrons. The molecule has 2 rings (SSSR count). The summed E-state index contributed by atoms with van der Waals surface area (Å²) in [7, 11) is 1.54. The third-order valence-electron chi connectivity index (χ3n) is 3.47. The van der Waals surface area contributed by atoms with Gasteiger partial charge in [-0.05, 0) is 24.8 Å². The molecule has 1 saturated carbocycles. The monoisotopic (exact) mass is 249 g/mol. The molecule has 0 aliphatic heterocycles. The zero-order valence-electron chi connectivity index (χ0n) is 10.7. The maximum absolute atomic E-state index is 11.9. The Morgan fingerprint density at radius 3 is 2.78 bits per heavy atom. The van der Waals surface area contributed by atoms with Crippen LogP contribution in [0.5, 0.6) is 0 Å². The highest BCUT2D eigenvalue weighted by atomic mass is 16.2. The van der Waals surface area contributed by atoms with Crippen molar-refractivity contribution in [3.05, 3.63) is 28.2 Å². The lowest BCUT2D eigenvalue weighted by molar-refractivity contribution is 0.0936. The number of aromatic nitrogens is 2. The third kappa shape index (κ3) is 3.18. The van der Waals surface area contributed by atoms with Crippen molar-refractivity contribution in [2.45, 2.75) is 32.1 Å². The van der Waals surface area contributed by atoms with Crippen molar-refractivity contribution in [2.24, 2.45) is 13.0 Å². The number of hydrogen-bond donors (Lipinski definition) is 1. The lowest BCUT2D eigenvalue weighted by Gasteiger charge is -2.21. The van der Waals surface area contributed by atoms with Crippen LogP contribution in [0.4, 0.5) is 0 Å². The first-order chi connectivity index (χ1) is 8.66. The summed E-state index contributed by atoms with van der Waals surface area (Å²) in [6, 6.07) is 2.83. The summed E-state index contributed by atoms with van der Waals surface area (Å²) in [6.07, 6.45) is 6.23. The number of nitrogens with one attached hydrogen (secondary N) is 1. The van der Waals surface area contributed by atoms with Gasteiger partial charge in [-0.1, -0.05) is 19.3 Å². The molecule has 1 aromatic rings. The molecule has 18 heavy (non-hydrogen) atoms. The van der Waals surface area contributed by atoms with Crippen LogP contribution in [0.25, 0.3) is 0 Å². The molecule has 1 aliphatic carbocycles. The second-order valence-corrected chi connectivity index (χ2v) is 4.89. The Morgan fingerprint density at radius 1 is 1.39 bits per heavy atom. The molecule has 1 N–H and O–H groups in total. The van der Waals surface area contributed by atoms with Crippen molar-refractivity contribution in [3.63, 3.8) is 0 Å². The highest BCUT2D eigenvalue weighted by molar-refractivity contribution is 5.91. The lowest BCUT2D eigenvalue weighted by Crippen LogP contribution is -2.32. The highest BCUT2D eigenvalue weighted by Crippen LogP contribution is 2.22. The van der Waals surface area contributed by atoms with Gasteiger partial charge in [-0.3, -0.25) is 9.59 Å². The molecule has 0 radical (unpaired) electrons. The summed E-state index contributed by atoms with van der Waals surface area (Å²) in [4.78, 5) is 23.0. The second kappa shape index (κ2) is 5.80. The van der Waals surface area contributed by atoms with E-state index in [9.17, 15) is 9.59 Å². The molecule has 5 nitrogen and oxygen atoms in total.